The van der Waals surface area contributed by atoms with Gasteiger partial charge in [0, 0.05) is 23.4 Å². The van der Waals surface area contributed by atoms with Crippen molar-refractivity contribution in [2.24, 2.45) is 17.3 Å². The highest BCUT2D eigenvalue weighted by atomic mass is 35.5. The number of carbonyl (C=O) groups excluding carboxylic acids is 2. The topological polar surface area (TPSA) is 85.3 Å². The predicted molar refractivity (Wildman–Crippen MR) is 167 cm³/mol. The van der Waals surface area contributed by atoms with Crippen molar-refractivity contribution in [1.29, 1.82) is 0 Å². The number of ether oxygens (including phenoxy) is 3. The lowest BCUT2D eigenvalue weighted by Gasteiger charge is -2.50. The van der Waals surface area contributed by atoms with Crippen molar-refractivity contribution < 1.29 is 28.9 Å². The molecule has 0 amide bonds. The zero-order valence-corrected chi connectivity index (χ0v) is 26.7. The number of esters is 2. The van der Waals surface area contributed by atoms with Gasteiger partial charge in [-0.05, 0) is 118 Å². The summed E-state index contributed by atoms with van der Waals surface area (Å²) in [6, 6.07) is 12.8. The number of hydrogen-bond acceptors (Lipinski definition) is 7. The number of likely N-dealkylation sites (N-methyl/N-ethyl adjacent to an activating group) is 1. The van der Waals surface area contributed by atoms with Crippen LogP contribution in [-0.2, 0) is 25.5 Å². The monoisotopic (exact) mass is 621 g/mol. The third kappa shape index (κ3) is 8.33. The molecule has 5 rings (SSSR count). The summed E-state index contributed by atoms with van der Waals surface area (Å²) in [5, 5.41) is 10.4. The molecule has 5 atom stereocenters. The Balaban J connectivity index is 0.000000240. The van der Waals surface area contributed by atoms with Crippen molar-refractivity contribution in [2.75, 3.05) is 33.9 Å². The molecule has 3 aliphatic carbocycles. The molecule has 1 N–H and O–H groups in total. The van der Waals surface area contributed by atoms with Gasteiger partial charge in [0.2, 0.25) is 0 Å². The maximum absolute atomic E-state index is 11.8. The van der Waals surface area contributed by atoms with Crippen LogP contribution in [0.1, 0.15) is 69.4 Å². The highest BCUT2D eigenvalue weighted by Crippen LogP contribution is 2.61. The molecule has 2 fully saturated rings. The molecule has 2 aromatic carbocycles. The summed E-state index contributed by atoms with van der Waals surface area (Å²) in [7, 11) is 3.83. The molecule has 5 unspecified atom stereocenters. The number of aromatic hydroxyl groups is 1. The first kappa shape index (κ1) is 34.0. The minimum Gasteiger partial charge on any atom is -0.508 e. The fraction of sp³-hybridized carbons (Fsp3) is 0.576. The van der Waals surface area contributed by atoms with E-state index in [0.717, 1.165) is 19.3 Å². The van der Waals surface area contributed by atoms with Crippen molar-refractivity contribution in [2.45, 2.75) is 70.8 Å². The molecular weight excluding hydrogens is 577 g/mol. The Labute approximate surface area is 261 Å². The molecule has 0 saturated heterocycles. The second-order valence-corrected chi connectivity index (χ2v) is 12.5. The minimum atomic E-state index is -0.373. The van der Waals surface area contributed by atoms with E-state index >= 15 is 0 Å². The quantitative estimate of drug-likeness (QED) is 0.324. The molecule has 2 saturated carbocycles. The Bertz CT molecular complexity index is 1190. The van der Waals surface area contributed by atoms with Gasteiger partial charge in [0.05, 0.1) is 0 Å². The van der Waals surface area contributed by atoms with E-state index < -0.39 is 0 Å². The summed E-state index contributed by atoms with van der Waals surface area (Å²) < 4.78 is 16.0. The zero-order chi connectivity index (χ0) is 29.6. The number of phenolic OH excluding ortho intramolecular Hbond substituents is 1. The van der Waals surface area contributed by atoms with Crippen LogP contribution in [0.15, 0.2) is 42.5 Å². The Morgan fingerprint density at radius 1 is 1.05 bits per heavy atom. The number of hydrogen-bond donors (Lipinski definition) is 1. The summed E-state index contributed by atoms with van der Waals surface area (Å²) in [5.41, 5.74) is 2.95. The average molecular weight is 623 g/mol. The number of phenols is 1. The molecule has 0 bridgehead atoms. The summed E-state index contributed by atoms with van der Waals surface area (Å²) in [6.07, 6.45) is 7.38. The molecule has 0 aliphatic heterocycles. The van der Waals surface area contributed by atoms with E-state index in [9.17, 15) is 14.7 Å². The van der Waals surface area contributed by atoms with E-state index in [1.54, 1.807) is 24.3 Å². The van der Waals surface area contributed by atoms with Crippen LogP contribution >= 0.6 is 24.0 Å². The van der Waals surface area contributed by atoms with Crippen LogP contribution in [0.4, 0.5) is 0 Å². The van der Waals surface area contributed by atoms with Crippen molar-refractivity contribution in [3.8, 4) is 11.5 Å². The van der Waals surface area contributed by atoms with Crippen LogP contribution in [0, 0.1) is 17.3 Å². The Morgan fingerprint density at radius 3 is 2.48 bits per heavy atom. The van der Waals surface area contributed by atoms with Gasteiger partial charge < -0.3 is 24.2 Å². The smallest absolute Gasteiger partial charge is 0.344 e. The third-order valence-electron chi connectivity index (χ3n) is 9.16. The lowest BCUT2D eigenvalue weighted by molar-refractivity contribution is -0.157. The van der Waals surface area contributed by atoms with Crippen LogP contribution < -0.4 is 4.74 Å². The molecule has 0 heterocycles. The van der Waals surface area contributed by atoms with Crippen molar-refractivity contribution in [3.05, 3.63) is 58.6 Å². The van der Waals surface area contributed by atoms with E-state index in [4.69, 9.17) is 25.8 Å². The molecular formula is C33H45Cl2NO6. The van der Waals surface area contributed by atoms with Gasteiger partial charge in [-0.1, -0.05) is 31.5 Å². The molecule has 9 heteroatoms. The van der Waals surface area contributed by atoms with Gasteiger partial charge in [0.1, 0.15) is 24.2 Å². The van der Waals surface area contributed by atoms with Crippen LogP contribution in [0.25, 0.3) is 0 Å². The Kier molecular flexibility index (Phi) is 12.4. The van der Waals surface area contributed by atoms with Gasteiger partial charge in [-0.15, -0.1) is 12.4 Å². The molecule has 232 valence electrons. The fourth-order valence-corrected chi connectivity index (χ4v) is 7.14. The number of fused-ring (bicyclic) bond motifs is 5. The predicted octanol–water partition coefficient (Wildman–Crippen LogP) is 6.82. The van der Waals surface area contributed by atoms with E-state index in [0.29, 0.717) is 53.8 Å². The van der Waals surface area contributed by atoms with Gasteiger partial charge in [-0.25, -0.2) is 4.79 Å². The summed E-state index contributed by atoms with van der Waals surface area (Å²) >= 11 is 5.72. The van der Waals surface area contributed by atoms with Crippen LogP contribution in [0.3, 0.4) is 0 Å². The maximum Gasteiger partial charge on any atom is 0.344 e. The largest absolute Gasteiger partial charge is 0.508 e. The highest BCUT2D eigenvalue weighted by Gasteiger charge is 2.56. The number of halogens is 2. The van der Waals surface area contributed by atoms with E-state index in [2.05, 4.69) is 13.0 Å². The standard InChI is InChI=1S/C21H28O3.C12H16ClNO3.ClH/c1-3-20(23)24-19-9-8-18-17-6-4-13-12-14(22)5-7-15(13)16(17)10-11-21(18,19)2;1-14(2)7-8-16-12(15)9-17-11-5-3-10(13)4-6-11;/h5,7,12,16-19,22H,3-4,6,8-11H2,1-2H3;3-6H,7-9H2,1-2H3;1H. The molecule has 0 radical (unpaired) electrons. The van der Waals surface area contributed by atoms with E-state index in [-0.39, 0.29) is 42.5 Å². The van der Waals surface area contributed by atoms with Crippen molar-refractivity contribution in [3.63, 3.8) is 0 Å². The zero-order valence-electron chi connectivity index (χ0n) is 25.1. The number of carbonyl (C=O) groups is 2. The van der Waals surface area contributed by atoms with E-state index in [1.807, 2.05) is 38.1 Å². The molecule has 7 nitrogen and oxygen atoms in total. The third-order valence-corrected chi connectivity index (χ3v) is 9.41. The molecule has 3 aliphatic rings. The number of aryl methyl sites for hydroxylation is 1. The van der Waals surface area contributed by atoms with Gasteiger partial charge in [-0.3, -0.25) is 4.79 Å². The summed E-state index contributed by atoms with van der Waals surface area (Å²) in [4.78, 5) is 25.0. The summed E-state index contributed by atoms with van der Waals surface area (Å²) in [5.74, 6) is 2.54. The van der Waals surface area contributed by atoms with Gasteiger partial charge in [-0.2, -0.15) is 0 Å². The van der Waals surface area contributed by atoms with E-state index in [1.165, 1.54) is 30.4 Å². The van der Waals surface area contributed by atoms with Gasteiger partial charge in [0.15, 0.2) is 6.61 Å². The normalized spacial score (nSPS) is 25.5. The average Bonchev–Trinajstić information content (AvgIpc) is 3.28. The van der Waals surface area contributed by atoms with Crippen LogP contribution in [0.5, 0.6) is 11.5 Å². The van der Waals surface area contributed by atoms with Crippen LogP contribution in [-0.4, -0.2) is 61.9 Å². The molecule has 0 aromatic heterocycles. The number of nitrogens with zero attached hydrogens (tertiary/aromatic N) is 1. The molecule has 2 aromatic rings. The Morgan fingerprint density at radius 2 is 1.79 bits per heavy atom. The van der Waals surface area contributed by atoms with Crippen LogP contribution in [0.2, 0.25) is 5.02 Å². The Hall–Kier alpha value is -2.48. The first-order valence-electron chi connectivity index (χ1n) is 14.8. The van der Waals surface area contributed by atoms with Gasteiger partial charge >= 0.3 is 11.9 Å². The first-order chi connectivity index (χ1) is 19.6. The first-order valence-corrected chi connectivity index (χ1v) is 15.2. The van der Waals surface area contributed by atoms with Crippen molar-refractivity contribution in [1.82, 2.24) is 4.90 Å². The number of rotatable bonds is 8. The maximum atomic E-state index is 11.8. The van der Waals surface area contributed by atoms with Gasteiger partial charge in [0.25, 0.3) is 0 Å². The molecule has 0 spiro atoms. The number of benzene rings is 2. The summed E-state index contributed by atoms with van der Waals surface area (Å²) in [6.45, 7) is 5.22. The lowest BCUT2D eigenvalue weighted by Crippen LogP contribution is -2.45. The SMILES string of the molecule is CCC(=O)OC1CCC2C3CCc4cc(O)ccc4C3CCC12C.CN(C)CCOC(=O)COc1ccc(Cl)cc1.Cl. The second-order valence-electron chi connectivity index (χ2n) is 12.0. The lowest BCUT2D eigenvalue weighted by atomic mass is 9.55. The molecule has 42 heavy (non-hydrogen) atoms. The second kappa shape index (κ2) is 15.3. The fourth-order valence-electron chi connectivity index (χ4n) is 7.01. The minimum absolute atomic E-state index is 0. The van der Waals surface area contributed by atoms with Crippen molar-refractivity contribution >= 4 is 35.9 Å². The highest BCUT2D eigenvalue weighted by molar-refractivity contribution is 6.30.